The lowest BCUT2D eigenvalue weighted by molar-refractivity contribution is 0.616. The molecule has 1 aromatic heterocycles. The van der Waals surface area contributed by atoms with Gasteiger partial charge < -0.3 is 43.3 Å². The lowest BCUT2D eigenvalue weighted by atomic mass is 10.3. The molecule has 1 aromatic rings. The van der Waals surface area contributed by atoms with Crippen molar-refractivity contribution in [3.05, 3.63) is 11.8 Å². The molecule has 0 radical (unpaired) electrons. The number of hydrogen-bond donors (Lipinski definition) is 2. The number of hydrogen-bond acceptors (Lipinski definition) is 5. The molecule has 1 fully saturated rings. The van der Waals surface area contributed by atoms with Gasteiger partial charge in [0.2, 0.25) is 5.95 Å². The summed E-state index contributed by atoms with van der Waals surface area (Å²) in [6.45, 7) is 3.96. The first-order valence-electron chi connectivity index (χ1n) is 5.22. The van der Waals surface area contributed by atoms with Crippen LogP contribution in [0.5, 0.6) is 0 Å². The summed E-state index contributed by atoms with van der Waals surface area (Å²) in [6, 6.07) is 2.54. The average Bonchev–Trinajstić information content (AvgIpc) is 2.64. The number of nitrogens with one attached hydrogen (secondary N) is 1. The van der Waals surface area contributed by atoms with Crippen LogP contribution in [0.1, 0.15) is 12.1 Å². The number of rotatable bonds is 2. The van der Waals surface area contributed by atoms with Crippen LogP contribution in [0.2, 0.25) is 0 Å². The summed E-state index contributed by atoms with van der Waals surface area (Å²) in [4.78, 5) is 10.6. The standard InChI is InChI=1S/C10H17N5.5H2O/c1-7-5-9(14-10(11)13-7)15-4-3-8(6-15)12-2;;;;;/h5,8,12H,3-4,6H2,1-2H3,(H2,11,13,14);5*1H2/t8-;;;;;/m1...../s1. The van der Waals surface area contributed by atoms with Crippen LogP contribution in [0.15, 0.2) is 6.07 Å². The van der Waals surface area contributed by atoms with Crippen molar-refractivity contribution in [2.24, 2.45) is 0 Å². The Morgan fingerprint density at radius 2 is 1.80 bits per heavy atom. The molecule has 2 heterocycles. The van der Waals surface area contributed by atoms with E-state index in [1.54, 1.807) is 0 Å². The van der Waals surface area contributed by atoms with E-state index in [2.05, 4.69) is 20.2 Å². The zero-order valence-electron chi connectivity index (χ0n) is 11.7. The van der Waals surface area contributed by atoms with Crippen LogP contribution in [0, 0.1) is 6.92 Å². The molecule has 0 bridgehead atoms. The third-order valence-electron chi connectivity index (χ3n) is 2.78. The number of nitrogens with two attached hydrogens (primary N) is 1. The summed E-state index contributed by atoms with van der Waals surface area (Å²) in [5.41, 5.74) is 6.55. The molecule has 1 saturated heterocycles. The quantitative estimate of drug-likeness (QED) is 0.555. The first-order chi connectivity index (χ1) is 7.19. The van der Waals surface area contributed by atoms with E-state index in [0.29, 0.717) is 12.0 Å². The van der Waals surface area contributed by atoms with Crippen LogP contribution in [0.25, 0.3) is 0 Å². The predicted octanol–water partition coefficient (Wildman–Crippen LogP) is -3.96. The molecule has 0 saturated carbocycles. The number of nitrogen functional groups attached to an aromatic ring is 1. The van der Waals surface area contributed by atoms with Crippen molar-refractivity contribution >= 4 is 11.8 Å². The van der Waals surface area contributed by atoms with Crippen LogP contribution in [0.3, 0.4) is 0 Å². The minimum Gasteiger partial charge on any atom is -0.412 e. The SMILES string of the molecule is CN[C@@H]1CCN(c2cc(C)nc(N)n2)C1.O.O.O.O.O. The van der Waals surface area contributed by atoms with Gasteiger partial charge in [-0.1, -0.05) is 0 Å². The first-order valence-corrected chi connectivity index (χ1v) is 5.22. The maximum Gasteiger partial charge on any atom is 0.222 e. The number of anilines is 2. The van der Waals surface area contributed by atoms with Gasteiger partial charge in [-0.15, -0.1) is 0 Å². The summed E-state index contributed by atoms with van der Waals surface area (Å²) in [5, 5.41) is 3.28. The summed E-state index contributed by atoms with van der Waals surface area (Å²) >= 11 is 0. The van der Waals surface area contributed by atoms with E-state index in [4.69, 9.17) is 5.73 Å². The van der Waals surface area contributed by atoms with Crippen molar-refractivity contribution in [1.82, 2.24) is 15.3 Å². The molecule has 0 aromatic carbocycles. The Kier molecular flexibility index (Phi) is 15.2. The van der Waals surface area contributed by atoms with Gasteiger partial charge in [-0.3, -0.25) is 0 Å². The second kappa shape index (κ2) is 11.3. The fourth-order valence-corrected chi connectivity index (χ4v) is 1.94. The van der Waals surface area contributed by atoms with Crippen LogP contribution in [0.4, 0.5) is 11.8 Å². The Morgan fingerprint density at radius 1 is 1.20 bits per heavy atom. The Balaban J connectivity index is -0.000000256. The van der Waals surface area contributed by atoms with Gasteiger partial charge in [0.15, 0.2) is 0 Å². The van der Waals surface area contributed by atoms with Crippen molar-refractivity contribution in [2.45, 2.75) is 19.4 Å². The maximum absolute atomic E-state index is 5.63. The van der Waals surface area contributed by atoms with E-state index < -0.39 is 0 Å². The molecule has 10 heteroatoms. The fraction of sp³-hybridized carbons (Fsp3) is 0.600. The molecule has 20 heavy (non-hydrogen) atoms. The molecule has 10 nitrogen and oxygen atoms in total. The Bertz CT molecular complexity index is 348. The van der Waals surface area contributed by atoms with Crippen molar-refractivity contribution < 1.29 is 27.4 Å². The molecular formula is C10H27N5O5. The lowest BCUT2D eigenvalue weighted by Gasteiger charge is -2.17. The van der Waals surface area contributed by atoms with Gasteiger partial charge >= 0.3 is 0 Å². The summed E-state index contributed by atoms with van der Waals surface area (Å²) in [7, 11) is 1.99. The van der Waals surface area contributed by atoms with Crippen molar-refractivity contribution in [2.75, 3.05) is 30.8 Å². The van der Waals surface area contributed by atoms with Crippen LogP contribution in [-0.4, -0.2) is 63.5 Å². The maximum atomic E-state index is 5.63. The van der Waals surface area contributed by atoms with Crippen LogP contribution >= 0.6 is 0 Å². The van der Waals surface area contributed by atoms with Crippen LogP contribution < -0.4 is 16.0 Å². The fourth-order valence-electron chi connectivity index (χ4n) is 1.94. The van der Waals surface area contributed by atoms with E-state index in [9.17, 15) is 0 Å². The van der Waals surface area contributed by atoms with Gasteiger partial charge in [-0.2, -0.15) is 4.98 Å². The van der Waals surface area contributed by atoms with Crippen molar-refractivity contribution in [3.8, 4) is 0 Å². The third kappa shape index (κ3) is 6.06. The molecule has 0 spiro atoms. The monoisotopic (exact) mass is 297 g/mol. The Hall–Kier alpha value is -1.56. The second-order valence-electron chi connectivity index (χ2n) is 3.95. The van der Waals surface area contributed by atoms with Gasteiger partial charge in [-0.25, -0.2) is 4.98 Å². The molecule has 0 amide bonds. The van der Waals surface area contributed by atoms with E-state index in [1.165, 1.54) is 0 Å². The molecule has 0 unspecified atom stereocenters. The third-order valence-corrected chi connectivity index (χ3v) is 2.78. The molecule has 1 aliphatic heterocycles. The molecule has 122 valence electrons. The van der Waals surface area contributed by atoms with E-state index in [-0.39, 0.29) is 27.4 Å². The number of nitrogens with zero attached hydrogens (tertiary/aromatic N) is 3. The topological polar surface area (TPSA) is 225 Å². The second-order valence-corrected chi connectivity index (χ2v) is 3.95. The zero-order chi connectivity index (χ0) is 10.8. The molecule has 13 N–H and O–H groups in total. The molecule has 1 atom stereocenters. The van der Waals surface area contributed by atoms with Gasteiger partial charge in [-0.05, 0) is 20.4 Å². The molecule has 0 aliphatic carbocycles. The van der Waals surface area contributed by atoms with Crippen molar-refractivity contribution in [3.63, 3.8) is 0 Å². The normalized spacial score (nSPS) is 15.7. The molecule has 2 rings (SSSR count). The summed E-state index contributed by atoms with van der Waals surface area (Å²) in [5.74, 6) is 1.30. The average molecular weight is 297 g/mol. The highest BCUT2D eigenvalue weighted by molar-refractivity contribution is 5.44. The molecule has 1 aliphatic rings. The minimum atomic E-state index is 0. The summed E-state index contributed by atoms with van der Waals surface area (Å²) < 4.78 is 0. The van der Waals surface area contributed by atoms with Gasteiger partial charge in [0, 0.05) is 30.9 Å². The number of aromatic nitrogens is 2. The number of aryl methyl sites for hydroxylation is 1. The lowest BCUT2D eigenvalue weighted by Crippen LogP contribution is -2.30. The number of likely N-dealkylation sites (N-methyl/N-ethyl adjacent to an activating group) is 1. The minimum absolute atomic E-state index is 0. The predicted molar refractivity (Wildman–Crippen MR) is 78.9 cm³/mol. The first kappa shape index (κ1) is 26.9. The highest BCUT2D eigenvalue weighted by Gasteiger charge is 2.22. The van der Waals surface area contributed by atoms with E-state index in [1.807, 2.05) is 20.0 Å². The largest absolute Gasteiger partial charge is 0.412 e. The highest BCUT2D eigenvalue weighted by Crippen LogP contribution is 2.19. The smallest absolute Gasteiger partial charge is 0.222 e. The van der Waals surface area contributed by atoms with Crippen molar-refractivity contribution in [1.29, 1.82) is 0 Å². The van der Waals surface area contributed by atoms with E-state index >= 15 is 0 Å². The van der Waals surface area contributed by atoms with Gasteiger partial charge in [0.1, 0.15) is 5.82 Å². The molecular weight excluding hydrogens is 270 g/mol. The van der Waals surface area contributed by atoms with Gasteiger partial charge in [0.05, 0.1) is 0 Å². The Morgan fingerprint density at radius 3 is 2.25 bits per heavy atom. The van der Waals surface area contributed by atoms with Gasteiger partial charge in [0.25, 0.3) is 0 Å². The van der Waals surface area contributed by atoms with E-state index in [0.717, 1.165) is 31.0 Å². The van der Waals surface area contributed by atoms with Crippen LogP contribution in [-0.2, 0) is 0 Å². The summed E-state index contributed by atoms with van der Waals surface area (Å²) in [6.07, 6.45) is 1.15. The highest BCUT2D eigenvalue weighted by atomic mass is 16.0. The Labute approximate surface area is 117 Å². The zero-order valence-corrected chi connectivity index (χ0v) is 11.7.